The van der Waals surface area contributed by atoms with Gasteiger partial charge in [0.25, 0.3) is 15.6 Å². The second kappa shape index (κ2) is 8.96. The molecule has 4 aromatic rings. The zero-order valence-electron chi connectivity index (χ0n) is 18.4. The highest BCUT2D eigenvalue weighted by molar-refractivity contribution is 7.95. The predicted octanol–water partition coefficient (Wildman–Crippen LogP) is 4.69. The minimum atomic E-state index is -3.66. The van der Waals surface area contributed by atoms with Crippen LogP contribution in [0.1, 0.15) is 11.1 Å². The Kier molecular flexibility index (Phi) is 6.07. The van der Waals surface area contributed by atoms with E-state index in [0.29, 0.717) is 17.5 Å². The Labute approximate surface area is 192 Å². The molecular weight excluding hydrogens is 436 g/mol. The molecule has 33 heavy (non-hydrogen) atoms. The van der Waals surface area contributed by atoms with E-state index in [1.807, 2.05) is 48.5 Å². The molecule has 168 valence electrons. The summed E-state index contributed by atoms with van der Waals surface area (Å²) in [6, 6.07) is 20.7. The lowest BCUT2D eigenvalue weighted by Crippen LogP contribution is -2.16. The molecule has 0 fully saturated rings. The first-order valence-corrected chi connectivity index (χ1v) is 11.9. The zero-order valence-corrected chi connectivity index (χ0v) is 19.2. The van der Waals surface area contributed by atoms with Gasteiger partial charge in [-0.25, -0.2) is 8.42 Å². The van der Waals surface area contributed by atoms with Gasteiger partial charge in [-0.2, -0.15) is 0 Å². The lowest BCUT2D eigenvalue weighted by atomic mass is 9.92. The minimum absolute atomic E-state index is 0.0884. The summed E-state index contributed by atoms with van der Waals surface area (Å²) >= 11 is 0. The molecule has 0 unspecified atom stereocenters. The summed E-state index contributed by atoms with van der Waals surface area (Å²) in [5.74, 6) is 0.775. The van der Waals surface area contributed by atoms with Crippen molar-refractivity contribution in [2.75, 3.05) is 11.8 Å². The number of ether oxygens (including phenoxy) is 1. The first kappa shape index (κ1) is 22.4. The smallest absolute Gasteiger partial charge is 0.258 e. The topological polar surface area (TPSA) is 77.4 Å². The van der Waals surface area contributed by atoms with Crippen LogP contribution in [0.5, 0.6) is 5.75 Å². The number of anilines is 1. The molecule has 0 saturated heterocycles. The summed E-state index contributed by atoms with van der Waals surface area (Å²) in [7, 11) is -0.324. The number of hydrogen-bond donors (Lipinski definition) is 1. The maximum absolute atomic E-state index is 12.7. The minimum Gasteiger partial charge on any atom is -0.497 e. The van der Waals surface area contributed by atoms with Crippen LogP contribution in [0.15, 0.2) is 89.7 Å². The first-order chi connectivity index (χ1) is 15.8. The van der Waals surface area contributed by atoms with E-state index in [1.165, 1.54) is 0 Å². The van der Waals surface area contributed by atoms with Gasteiger partial charge >= 0.3 is 0 Å². The predicted molar refractivity (Wildman–Crippen MR) is 133 cm³/mol. The first-order valence-electron chi connectivity index (χ1n) is 10.3. The molecule has 7 heteroatoms. The SMILES string of the molecule is C=CS(=O)(=O)Nc1ccc(Cc2ccc(OC)cc2)c(-c2cn(C)c(=O)c3ccccc23)c1. The lowest BCUT2D eigenvalue weighted by molar-refractivity contribution is 0.414. The third-order valence-electron chi connectivity index (χ3n) is 5.52. The molecule has 0 aliphatic heterocycles. The van der Waals surface area contributed by atoms with Crippen LogP contribution in [-0.2, 0) is 23.5 Å². The Morgan fingerprint density at radius 2 is 1.70 bits per heavy atom. The average Bonchev–Trinajstić information content (AvgIpc) is 2.83. The fraction of sp³-hybridized carbons (Fsp3) is 0.115. The average molecular weight is 461 g/mol. The van der Waals surface area contributed by atoms with Crippen LogP contribution in [0.4, 0.5) is 5.69 Å². The van der Waals surface area contributed by atoms with Crippen molar-refractivity contribution < 1.29 is 13.2 Å². The third-order valence-corrected chi connectivity index (χ3v) is 6.48. The molecule has 1 N–H and O–H groups in total. The van der Waals surface area contributed by atoms with E-state index < -0.39 is 10.0 Å². The number of nitrogens with one attached hydrogen (secondary N) is 1. The molecule has 0 radical (unpaired) electrons. The number of nitrogens with zero attached hydrogens (tertiary/aromatic N) is 1. The second-order valence-electron chi connectivity index (χ2n) is 7.71. The van der Waals surface area contributed by atoms with E-state index in [-0.39, 0.29) is 5.56 Å². The summed E-state index contributed by atoms with van der Waals surface area (Å²) in [5.41, 5.74) is 4.07. The van der Waals surface area contributed by atoms with Crippen molar-refractivity contribution in [3.05, 3.63) is 106 Å². The summed E-state index contributed by atoms with van der Waals surface area (Å²) in [4.78, 5) is 12.7. The molecule has 0 aliphatic carbocycles. The molecule has 0 saturated carbocycles. The lowest BCUT2D eigenvalue weighted by Gasteiger charge is -2.16. The van der Waals surface area contributed by atoms with Gasteiger partial charge in [0.05, 0.1) is 7.11 Å². The van der Waals surface area contributed by atoms with Gasteiger partial charge in [0.1, 0.15) is 5.75 Å². The number of benzene rings is 3. The van der Waals surface area contributed by atoms with Crippen LogP contribution in [0.25, 0.3) is 21.9 Å². The number of pyridine rings is 1. The Balaban J connectivity index is 1.92. The number of aromatic nitrogens is 1. The fourth-order valence-corrected chi connectivity index (χ4v) is 4.38. The molecule has 6 nitrogen and oxygen atoms in total. The van der Waals surface area contributed by atoms with Crippen LogP contribution in [0, 0.1) is 0 Å². The number of hydrogen-bond acceptors (Lipinski definition) is 4. The van der Waals surface area contributed by atoms with Gasteiger partial charge in [-0.1, -0.05) is 43.0 Å². The Hall–Kier alpha value is -3.84. The van der Waals surface area contributed by atoms with Crippen molar-refractivity contribution in [1.29, 1.82) is 0 Å². The number of methoxy groups -OCH3 is 1. The standard InChI is InChI=1S/C26H24N2O4S/c1-4-33(30,31)27-20-12-11-19(15-18-9-13-21(32-3)14-10-18)24(16-20)25-17-28(2)26(29)23-8-6-5-7-22(23)25/h4-14,16-17,27H,1,15H2,2-3H3. The fourth-order valence-electron chi connectivity index (χ4n) is 3.84. The Morgan fingerprint density at radius 1 is 1.00 bits per heavy atom. The van der Waals surface area contributed by atoms with E-state index in [9.17, 15) is 13.2 Å². The molecule has 0 bridgehead atoms. The maximum atomic E-state index is 12.7. The van der Waals surface area contributed by atoms with Crippen molar-refractivity contribution in [1.82, 2.24) is 4.57 Å². The highest BCUT2D eigenvalue weighted by Crippen LogP contribution is 2.33. The Morgan fingerprint density at radius 3 is 2.36 bits per heavy atom. The van der Waals surface area contributed by atoms with E-state index in [1.54, 1.807) is 43.1 Å². The number of aryl methyl sites for hydroxylation is 1. The molecule has 0 aliphatic rings. The molecule has 0 atom stereocenters. The third kappa shape index (κ3) is 4.68. The largest absolute Gasteiger partial charge is 0.497 e. The van der Waals surface area contributed by atoms with Crippen molar-refractivity contribution in [2.45, 2.75) is 6.42 Å². The van der Waals surface area contributed by atoms with Gasteiger partial charge in [-0.3, -0.25) is 9.52 Å². The van der Waals surface area contributed by atoms with Crippen molar-refractivity contribution in [3.63, 3.8) is 0 Å². The molecule has 0 amide bonds. The Bertz CT molecular complexity index is 1500. The number of rotatable bonds is 7. The molecule has 1 aromatic heterocycles. The highest BCUT2D eigenvalue weighted by Gasteiger charge is 2.15. The number of sulfonamides is 1. The van der Waals surface area contributed by atoms with Crippen LogP contribution in [0.2, 0.25) is 0 Å². The summed E-state index contributed by atoms with van der Waals surface area (Å²) in [6.45, 7) is 3.36. The monoisotopic (exact) mass is 460 g/mol. The van der Waals surface area contributed by atoms with Crippen LogP contribution < -0.4 is 15.0 Å². The van der Waals surface area contributed by atoms with Crippen LogP contribution >= 0.6 is 0 Å². The van der Waals surface area contributed by atoms with Crippen LogP contribution in [0.3, 0.4) is 0 Å². The molecule has 1 heterocycles. The zero-order chi connectivity index (χ0) is 23.6. The van der Waals surface area contributed by atoms with E-state index >= 15 is 0 Å². The molecule has 4 rings (SSSR count). The summed E-state index contributed by atoms with van der Waals surface area (Å²) in [6.07, 6.45) is 2.41. The summed E-state index contributed by atoms with van der Waals surface area (Å²) < 4.78 is 33.5. The van der Waals surface area contributed by atoms with Gasteiger partial charge in [0.2, 0.25) is 0 Å². The quantitative estimate of drug-likeness (QED) is 0.434. The van der Waals surface area contributed by atoms with Crippen molar-refractivity contribution >= 4 is 26.5 Å². The maximum Gasteiger partial charge on any atom is 0.258 e. The second-order valence-corrected chi connectivity index (χ2v) is 9.34. The summed E-state index contributed by atoms with van der Waals surface area (Å²) in [5, 5.41) is 2.28. The van der Waals surface area contributed by atoms with E-state index in [2.05, 4.69) is 11.3 Å². The van der Waals surface area contributed by atoms with Crippen molar-refractivity contribution in [3.8, 4) is 16.9 Å². The van der Waals surface area contributed by atoms with Gasteiger partial charge in [0, 0.05) is 35.3 Å². The molecule has 3 aromatic carbocycles. The molecular formula is C26H24N2O4S. The van der Waals surface area contributed by atoms with E-state index in [4.69, 9.17) is 4.74 Å². The normalized spacial score (nSPS) is 11.3. The van der Waals surface area contributed by atoms with Crippen molar-refractivity contribution in [2.24, 2.45) is 7.05 Å². The van der Waals surface area contributed by atoms with Crippen LogP contribution in [-0.4, -0.2) is 20.1 Å². The van der Waals surface area contributed by atoms with E-state index in [0.717, 1.165) is 38.8 Å². The van der Waals surface area contributed by atoms with Gasteiger partial charge < -0.3 is 9.30 Å². The highest BCUT2D eigenvalue weighted by atomic mass is 32.2. The van der Waals surface area contributed by atoms with Gasteiger partial charge in [-0.15, -0.1) is 0 Å². The number of fused-ring (bicyclic) bond motifs is 1. The van der Waals surface area contributed by atoms with Gasteiger partial charge in [0.15, 0.2) is 0 Å². The molecule has 0 spiro atoms. The van der Waals surface area contributed by atoms with Gasteiger partial charge in [-0.05, 0) is 58.8 Å².